The lowest BCUT2D eigenvalue weighted by atomic mass is 10.1. The smallest absolute Gasteiger partial charge is 0.0219 e. The van der Waals surface area contributed by atoms with Crippen LogP contribution in [0.25, 0.3) is 0 Å². The monoisotopic (exact) mass is 193 g/mol. The van der Waals surface area contributed by atoms with Crippen molar-refractivity contribution in [1.82, 2.24) is 5.32 Å². The number of hydrogen-bond acceptors (Lipinski definition) is 2. The molecule has 0 amide bonds. The second-order valence-corrected chi connectivity index (χ2v) is 5.14. The van der Waals surface area contributed by atoms with E-state index in [4.69, 9.17) is 0 Å². The standard InChI is InChI=1S/C11H15NS/c1-2-10-8(6-12-9-4-5-9)7-13-11(10)3-1/h7,9,12H,1-6H2. The Morgan fingerprint density at radius 1 is 1.38 bits per heavy atom. The number of nitrogens with one attached hydrogen (secondary N) is 1. The lowest BCUT2D eigenvalue weighted by Crippen LogP contribution is -2.15. The molecule has 70 valence electrons. The van der Waals surface area contributed by atoms with Gasteiger partial charge >= 0.3 is 0 Å². The summed E-state index contributed by atoms with van der Waals surface area (Å²) in [5.41, 5.74) is 3.27. The summed E-state index contributed by atoms with van der Waals surface area (Å²) in [5, 5.41) is 5.96. The molecular weight excluding hydrogens is 178 g/mol. The lowest BCUT2D eigenvalue weighted by Gasteiger charge is -2.02. The zero-order valence-corrected chi connectivity index (χ0v) is 8.62. The third kappa shape index (κ3) is 1.53. The van der Waals surface area contributed by atoms with Crippen LogP contribution in [-0.2, 0) is 19.4 Å². The first-order valence-electron chi connectivity index (χ1n) is 5.25. The lowest BCUT2D eigenvalue weighted by molar-refractivity contribution is 0.685. The van der Waals surface area contributed by atoms with Crippen LogP contribution in [0.15, 0.2) is 5.38 Å². The molecule has 0 aromatic carbocycles. The van der Waals surface area contributed by atoms with Crippen LogP contribution in [0.1, 0.15) is 35.3 Å². The van der Waals surface area contributed by atoms with E-state index in [1.54, 1.807) is 16.0 Å². The van der Waals surface area contributed by atoms with Crippen molar-refractivity contribution in [3.63, 3.8) is 0 Å². The average molecular weight is 193 g/mol. The molecule has 0 aliphatic heterocycles. The largest absolute Gasteiger partial charge is 0.310 e. The minimum Gasteiger partial charge on any atom is -0.310 e. The molecule has 1 saturated carbocycles. The van der Waals surface area contributed by atoms with E-state index in [1.165, 1.54) is 32.1 Å². The molecule has 0 unspecified atom stereocenters. The van der Waals surface area contributed by atoms with Crippen molar-refractivity contribution in [1.29, 1.82) is 0 Å². The van der Waals surface area contributed by atoms with Gasteiger partial charge in [0.05, 0.1) is 0 Å². The highest BCUT2D eigenvalue weighted by molar-refractivity contribution is 7.10. The predicted octanol–water partition coefficient (Wildman–Crippen LogP) is 2.49. The Labute approximate surface area is 83.2 Å². The Bertz CT molecular complexity index is 312. The molecule has 1 nitrogen and oxygen atoms in total. The van der Waals surface area contributed by atoms with Gasteiger partial charge in [-0.15, -0.1) is 11.3 Å². The first-order valence-corrected chi connectivity index (χ1v) is 6.13. The molecule has 1 N–H and O–H groups in total. The van der Waals surface area contributed by atoms with Gasteiger partial charge in [0.15, 0.2) is 0 Å². The second-order valence-electron chi connectivity index (χ2n) is 4.17. The maximum Gasteiger partial charge on any atom is 0.0219 e. The second kappa shape index (κ2) is 3.10. The SMILES string of the molecule is c1sc2c(c1CNC1CC1)CCC2. The van der Waals surface area contributed by atoms with Crippen molar-refractivity contribution in [2.75, 3.05) is 0 Å². The fourth-order valence-corrected chi connectivity index (χ4v) is 3.24. The average Bonchev–Trinajstić information content (AvgIpc) is 2.72. The molecule has 1 heterocycles. The van der Waals surface area contributed by atoms with Crippen LogP contribution in [0.3, 0.4) is 0 Å². The van der Waals surface area contributed by atoms with Crippen molar-refractivity contribution in [3.05, 3.63) is 21.4 Å². The zero-order valence-electron chi connectivity index (χ0n) is 7.81. The Balaban J connectivity index is 1.72. The van der Waals surface area contributed by atoms with E-state index >= 15 is 0 Å². The molecule has 0 bridgehead atoms. The Hall–Kier alpha value is -0.340. The summed E-state index contributed by atoms with van der Waals surface area (Å²) in [7, 11) is 0. The van der Waals surface area contributed by atoms with Crippen LogP contribution in [0, 0.1) is 0 Å². The summed E-state index contributed by atoms with van der Waals surface area (Å²) >= 11 is 1.97. The van der Waals surface area contributed by atoms with Crippen molar-refractivity contribution < 1.29 is 0 Å². The Morgan fingerprint density at radius 2 is 2.31 bits per heavy atom. The topological polar surface area (TPSA) is 12.0 Å². The van der Waals surface area contributed by atoms with Crippen molar-refractivity contribution in [2.24, 2.45) is 0 Å². The van der Waals surface area contributed by atoms with E-state index in [0.29, 0.717) is 0 Å². The number of fused-ring (bicyclic) bond motifs is 1. The van der Waals surface area contributed by atoms with E-state index < -0.39 is 0 Å². The van der Waals surface area contributed by atoms with Crippen molar-refractivity contribution in [3.8, 4) is 0 Å². The van der Waals surface area contributed by atoms with Crippen LogP contribution >= 0.6 is 11.3 Å². The van der Waals surface area contributed by atoms with Gasteiger partial charge < -0.3 is 5.32 Å². The summed E-state index contributed by atoms with van der Waals surface area (Å²) in [6, 6.07) is 0.844. The van der Waals surface area contributed by atoms with Crippen LogP contribution in [0.5, 0.6) is 0 Å². The quantitative estimate of drug-likeness (QED) is 0.777. The molecule has 1 aromatic heterocycles. The Kier molecular flexibility index (Phi) is 1.91. The van der Waals surface area contributed by atoms with E-state index in [9.17, 15) is 0 Å². The molecule has 0 atom stereocenters. The minimum absolute atomic E-state index is 0.844. The van der Waals surface area contributed by atoms with Gasteiger partial charge in [-0.05, 0) is 48.6 Å². The fourth-order valence-electron chi connectivity index (χ4n) is 2.09. The Morgan fingerprint density at radius 3 is 3.15 bits per heavy atom. The number of thiophene rings is 1. The van der Waals surface area contributed by atoms with Crippen molar-refractivity contribution >= 4 is 11.3 Å². The molecule has 1 fully saturated rings. The highest BCUT2D eigenvalue weighted by atomic mass is 32.1. The van der Waals surface area contributed by atoms with Gasteiger partial charge in [-0.25, -0.2) is 0 Å². The number of hydrogen-bond donors (Lipinski definition) is 1. The molecule has 13 heavy (non-hydrogen) atoms. The number of rotatable bonds is 3. The molecule has 0 spiro atoms. The van der Waals surface area contributed by atoms with E-state index in [1.807, 2.05) is 11.3 Å². The summed E-state index contributed by atoms with van der Waals surface area (Å²) < 4.78 is 0. The van der Waals surface area contributed by atoms with E-state index in [2.05, 4.69) is 10.7 Å². The third-order valence-corrected chi connectivity index (χ3v) is 4.19. The van der Waals surface area contributed by atoms with Gasteiger partial charge in [-0.2, -0.15) is 0 Å². The van der Waals surface area contributed by atoms with E-state index in [-0.39, 0.29) is 0 Å². The summed E-state index contributed by atoms with van der Waals surface area (Å²) in [4.78, 5) is 1.66. The molecule has 2 aliphatic carbocycles. The van der Waals surface area contributed by atoms with Crippen LogP contribution in [0.4, 0.5) is 0 Å². The third-order valence-electron chi connectivity index (χ3n) is 3.06. The summed E-state index contributed by atoms with van der Waals surface area (Å²) in [6.07, 6.45) is 6.85. The van der Waals surface area contributed by atoms with Gasteiger partial charge in [0.25, 0.3) is 0 Å². The molecule has 1 aromatic rings. The maximum absolute atomic E-state index is 3.60. The molecule has 0 radical (unpaired) electrons. The minimum atomic E-state index is 0.844. The summed E-state index contributed by atoms with van der Waals surface area (Å²) in [6.45, 7) is 1.12. The molecule has 0 saturated heterocycles. The fraction of sp³-hybridized carbons (Fsp3) is 0.636. The van der Waals surface area contributed by atoms with Gasteiger partial charge in [0.1, 0.15) is 0 Å². The van der Waals surface area contributed by atoms with Gasteiger partial charge in [-0.3, -0.25) is 0 Å². The first kappa shape index (κ1) is 8.01. The predicted molar refractivity (Wildman–Crippen MR) is 56.2 cm³/mol. The normalized spacial score (nSPS) is 20.6. The van der Waals surface area contributed by atoms with Gasteiger partial charge in [0.2, 0.25) is 0 Å². The maximum atomic E-state index is 3.60. The number of aryl methyl sites for hydroxylation is 1. The van der Waals surface area contributed by atoms with Crippen LogP contribution in [-0.4, -0.2) is 6.04 Å². The summed E-state index contributed by atoms with van der Waals surface area (Å²) in [5.74, 6) is 0. The first-order chi connectivity index (χ1) is 6.43. The zero-order chi connectivity index (χ0) is 8.67. The molecular formula is C11H15NS. The van der Waals surface area contributed by atoms with Gasteiger partial charge in [-0.1, -0.05) is 0 Å². The van der Waals surface area contributed by atoms with E-state index in [0.717, 1.165) is 12.6 Å². The van der Waals surface area contributed by atoms with Gasteiger partial charge in [0, 0.05) is 17.5 Å². The van der Waals surface area contributed by atoms with Crippen LogP contribution < -0.4 is 5.32 Å². The molecule has 2 heteroatoms. The highest BCUT2D eigenvalue weighted by Gasteiger charge is 2.22. The highest BCUT2D eigenvalue weighted by Crippen LogP contribution is 2.31. The molecule has 2 aliphatic rings. The van der Waals surface area contributed by atoms with Crippen molar-refractivity contribution in [2.45, 2.75) is 44.7 Å². The molecule has 3 rings (SSSR count). The van der Waals surface area contributed by atoms with Crippen LogP contribution in [0.2, 0.25) is 0 Å².